The van der Waals surface area contributed by atoms with Gasteiger partial charge in [-0.15, -0.1) is 0 Å². The van der Waals surface area contributed by atoms with E-state index in [0.717, 1.165) is 16.5 Å². The maximum atomic E-state index is 12.8. The molecule has 12 nitrogen and oxygen atoms in total. The summed E-state index contributed by atoms with van der Waals surface area (Å²) >= 11 is 4.08. The van der Waals surface area contributed by atoms with Crippen LogP contribution in [0.1, 0.15) is 32.3 Å². The molecule has 0 fully saturated rings. The first-order valence-electron chi connectivity index (χ1n) is 11.7. The van der Waals surface area contributed by atoms with Crippen molar-refractivity contribution in [3.8, 4) is 0 Å². The van der Waals surface area contributed by atoms with Crippen molar-refractivity contribution in [2.45, 2.75) is 57.3 Å². The Bertz CT molecular complexity index is 1140. The quantitative estimate of drug-likeness (QED) is 0.155. The summed E-state index contributed by atoms with van der Waals surface area (Å²) in [7, 11) is 0. The first-order chi connectivity index (χ1) is 17.4. The van der Waals surface area contributed by atoms with Gasteiger partial charge in [-0.1, -0.05) is 32.0 Å². The van der Waals surface area contributed by atoms with E-state index in [2.05, 4.69) is 33.6 Å². The molecule has 202 valence electrons. The van der Waals surface area contributed by atoms with E-state index in [1.165, 1.54) is 0 Å². The zero-order chi connectivity index (χ0) is 27.7. The summed E-state index contributed by atoms with van der Waals surface area (Å²) in [5.41, 5.74) is 7.77. The molecule has 3 amide bonds. The number of thiol groups is 1. The highest BCUT2D eigenvalue weighted by molar-refractivity contribution is 7.80. The van der Waals surface area contributed by atoms with Gasteiger partial charge in [-0.25, -0.2) is 4.79 Å². The molecule has 2 rings (SSSR count). The predicted octanol–water partition coefficient (Wildman–Crippen LogP) is 0.0273. The van der Waals surface area contributed by atoms with Gasteiger partial charge in [-0.2, -0.15) is 12.6 Å². The standard InChI is InChI=1S/C24H33N5O7S/c1-12(2)7-18(24(35)36)28-22(33)17(9-20(30)31)27-23(34)19(11-37)29-21(32)15(25)8-13-10-26-16-6-4-3-5-14(13)16/h3-6,10,12,15,17-19,26,37H,7-9,11,25H2,1-2H3,(H,27,34)(H,28,33)(H,29,32)(H,30,31)(H,35,36). The topological polar surface area (TPSA) is 204 Å². The number of aromatic amines is 1. The highest BCUT2D eigenvalue weighted by Crippen LogP contribution is 2.18. The monoisotopic (exact) mass is 535 g/mol. The van der Waals surface area contributed by atoms with Crippen molar-refractivity contribution in [2.24, 2.45) is 11.7 Å². The fraction of sp³-hybridized carbons (Fsp3) is 0.458. The van der Waals surface area contributed by atoms with Crippen LogP contribution in [0.2, 0.25) is 0 Å². The number of hydrogen-bond donors (Lipinski definition) is 8. The summed E-state index contributed by atoms with van der Waals surface area (Å²) in [5.74, 6) is -5.36. The van der Waals surface area contributed by atoms with E-state index in [9.17, 15) is 34.2 Å². The third-order valence-corrected chi connectivity index (χ3v) is 5.97. The summed E-state index contributed by atoms with van der Waals surface area (Å²) in [4.78, 5) is 64.0. The lowest BCUT2D eigenvalue weighted by Crippen LogP contribution is -2.58. The van der Waals surface area contributed by atoms with Crippen LogP contribution in [0, 0.1) is 5.92 Å². The maximum absolute atomic E-state index is 12.8. The van der Waals surface area contributed by atoms with Crippen LogP contribution in [-0.4, -0.2) is 74.8 Å². The van der Waals surface area contributed by atoms with Gasteiger partial charge in [0.05, 0.1) is 12.5 Å². The largest absolute Gasteiger partial charge is 0.481 e. The minimum Gasteiger partial charge on any atom is -0.481 e. The number of carbonyl (C=O) groups is 5. The number of rotatable bonds is 14. The number of fused-ring (bicyclic) bond motifs is 1. The highest BCUT2D eigenvalue weighted by atomic mass is 32.1. The lowest BCUT2D eigenvalue weighted by Gasteiger charge is -2.24. The molecule has 1 heterocycles. The van der Waals surface area contributed by atoms with Crippen LogP contribution in [0.15, 0.2) is 30.5 Å². The van der Waals surface area contributed by atoms with Crippen LogP contribution in [0.4, 0.5) is 0 Å². The van der Waals surface area contributed by atoms with Gasteiger partial charge in [0.15, 0.2) is 0 Å². The van der Waals surface area contributed by atoms with Gasteiger partial charge in [0.25, 0.3) is 0 Å². The van der Waals surface area contributed by atoms with Gasteiger partial charge in [0, 0.05) is 22.9 Å². The second-order valence-corrected chi connectivity index (χ2v) is 9.47. The molecule has 0 aliphatic carbocycles. The Morgan fingerprint density at radius 3 is 2.14 bits per heavy atom. The van der Waals surface area contributed by atoms with E-state index in [4.69, 9.17) is 5.73 Å². The second-order valence-electron chi connectivity index (χ2n) is 9.10. The number of carboxylic acids is 2. The molecule has 37 heavy (non-hydrogen) atoms. The molecule has 0 saturated heterocycles. The number of para-hydroxylation sites is 1. The van der Waals surface area contributed by atoms with Crippen molar-refractivity contribution >= 4 is 53.2 Å². The number of amides is 3. The average Bonchev–Trinajstić information content (AvgIpc) is 3.23. The third kappa shape index (κ3) is 8.79. The normalized spacial score (nSPS) is 14.4. The predicted molar refractivity (Wildman–Crippen MR) is 139 cm³/mol. The van der Waals surface area contributed by atoms with Crippen LogP contribution in [0.5, 0.6) is 0 Å². The Labute approximate surface area is 219 Å². The van der Waals surface area contributed by atoms with Crippen molar-refractivity contribution in [2.75, 3.05) is 5.75 Å². The van der Waals surface area contributed by atoms with Gasteiger partial charge < -0.3 is 36.9 Å². The van der Waals surface area contributed by atoms with E-state index < -0.39 is 60.2 Å². The van der Waals surface area contributed by atoms with Crippen LogP contribution >= 0.6 is 12.6 Å². The van der Waals surface area contributed by atoms with Gasteiger partial charge in [-0.05, 0) is 30.4 Å². The minimum absolute atomic E-state index is 0.0637. The fourth-order valence-electron chi connectivity index (χ4n) is 3.72. The first-order valence-corrected chi connectivity index (χ1v) is 12.3. The van der Waals surface area contributed by atoms with E-state index in [1.54, 1.807) is 20.0 Å². The van der Waals surface area contributed by atoms with E-state index >= 15 is 0 Å². The van der Waals surface area contributed by atoms with Crippen LogP contribution < -0.4 is 21.7 Å². The van der Waals surface area contributed by atoms with Crippen molar-refractivity contribution in [3.63, 3.8) is 0 Å². The Morgan fingerprint density at radius 2 is 1.54 bits per heavy atom. The molecule has 2 aromatic rings. The Hall–Kier alpha value is -3.58. The number of aromatic nitrogens is 1. The molecule has 8 N–H and O–H groups in total. The number of H-pyrrole nitrogens is 1. The molecule has 0 saturated carbocycles. The second kappa shape index (κ2) is 13.7. The van der Waals surface area contributed by atoms with Gasteiger partial charge in [-0.3, -0.25) is 19.2 Å². The Morgan fingerprint density at radius 1 is 0.946 bits per heavy atom. The van der Waals surface area contributed by atoms with E-state index in [0.29, 0.717) is 0 Å². The number of carboxylic acid groups (broad SMARTS) is 2. The minimum atomic E-state index is -1.57. The smallest absolute Gasteiger partial charge is 0.326 e. The SMILES string of the molecule is CC(C)CC(NC(=O)C(CC(=O)O)NC(=O)C(CS)NC(=O)C(N)Cc1c[nH]c2ccccc12)C(=O)O. The summed E-state index contributed by atoms with van der Waals surface area (Å²) in [6, 6.07) is 2.45. The number of nitrogens with one attached hydrogen (secondary N) is 4. The molecule has 1 aromatic heterocycles. The molecular formula is C24H33N5O7S. The lowest BCUT2D eigenvalue weighted by molar-refractivity contribution is -0.144. The molecule has 4 atom stereocenters. The summed E-state index contributed by atoms with van der Waals surface area (Å²) in [6.07, 6.45) is 1.25. The van der Waals surface area contributed by atoms with Crippen LogP contribution in [0.3, 0.4) is 0 Å². The fourth-order valence-corrected chi connectivity index (χ4v) is 3.98. The Kier molecular flexibility index (Phi) is 10.9. The van der Waals surface area contributed by atoms with E-state index in [1.807, 2.05) is 24.3 Å². The van der Waals surface area contributed by atoms with Crippen LogP contribution in [-0.2, 0) is 30.4 Å². The van der Waals surface area contributed by atoms with Crippen molar-refractivity contribution in [3.05, 3.63) is 36.0 Å². The molecule has 4 unspecified atom stereocenters. The number of hydrogen-bond acceptors (Lipinski definition) is 7. The van der Waals surface area contributed by atoms with Crippen LogP contribution in [0.25, 0.3) is 10.9 Å². The molecule has 0 aliphatic heterocycles. The van der Waals surface area contributed by atoms with Crippen molar-refractivity contribution < 1.29 is 34.2 Å². The zero-order valence-electron chi connectivity index (χ0n) is 20.6. The van der Waals surface area contributed by atoms with Crippen molar-refractivity contribution in [1.29, 1.82) is 0 Å². The molecular weight excluding hydrogens is 502 g/mol. The van der Waals surface area contributed by atoms with Gasteiger partial charge >= 0.3 is 11.9 Å². The number of benzene rings is 1. The maximum Gasteiger partial charge on any atom is 0.326 e. The first kappa shape index (κ1) is 29.6. The molecule has 0 bridgehead atoms. The molecule has 0 spiro atoms. The van der Waals surface area contributed by atoms with Crippen molar-refractivity contribution in [1.82, 2.24) is 20.9 Å². The summed E-state index contributed by atoms with van der Waals surface area (Å²) in [6.45, 7) is 3.53. The number of carbonyl (C=O) groups excluding carboxylic acids is 3. The van der Waals surface area contributed by atoms with E-state index in [-0.39, 0.29) is 24.5 Å². The third-order valence-electron chi connectivity index (χ3n) is 5.60. The van der Waals surface area contributed by atoms with Gasteiger partial charge in [0.2, 0.25) is 17.7 Å². The Balaban J connectivity index is 2.05. The number of nitrogens with two attached hydrogens (primary N) is 1. The summed E-state index contributed by atoms with van der Waals surface area (Å²) in [5, 5.41) is 26.5. The average molecular weight is 536 g/mol. The number of aliphatic carboxylic acids is 2. The summed E-state index contributed by atoms with van der Waals surface area (Å²) < 4.78 is 0. The highest BCUT2D eigenvalue weighted by Gasteiger charge is 2.31. The zero-order valence-corrected chi connectivity index (χ0v) is 21.5. The molecule has 1 aromatic carbocycles. The molecule has 0 aliphatic rings. The van der Waals surface area contributed by atoms with Gasteiger partial charge in [0.1, 0.15) is 18.1 Å². The lowest BCUT2D eigenvalue weighted by atomic mass is 10.0. The molecule has 0 radical (unpaired) electrons. The molecule has 13 heteroatoms.